The molecule has 0 aliphatic heterocycles. The van der Waals surface area contributed by atoms with E-state index in [1.807, 2.05) is 0 Å². The molecule has 0 bridgehead atoms. The van der Waals surface area contributed by atoms with Crippen LogP contribution in [0.3, 0.4) is 0 Å². The van der Waals surface area contributed by atoms with Crippen LogP contribution in [0.4, 0.5) is 0 Å². The van der Waals surface area contributed by atoms with Crippen molar-refractivity contribution in [3.63, 3.8) is 0 Å². The largest absolute Gasteiger partial charge is 0.156 e. The van der Waals surface area contributed by atoms with Crippen LogP contribution in [0.25, 0.3) is 0 Å². The van der Waals surface area contributed by atoms with Gasteiger partial charge < -0.3 is 0 Å². The molecule has 0 spiro atoms. The predicted molar refractivity (Wildman–Crippen MR) is 121 cm³/mol. The van der Waals surface area contributed by atoms with E-state index in [1.54, 1.807) is 0 Å². The van der Waals surface area contributed by atoms with Crippen LogP contribution in [0, 0.1) is 0 Å². The molecule has 0 aliphatic carbocycles. The maximum atomic E-state index is 2.45. The molecule has 0 rings (SSSR count). The Bertz CT molecular complexity index is 214. The first kappa shape index (κ1) is 25.4. The first-order chi connectivity index (χ1) is 12.2. The van der Waals surface area contributed by atoms with Gasteiger partial charge >= 0.3 is 0 Å². The molecule has 2 atom stereocenters. The Morgan fingerprint density at radius 1 is 0.440 bits per heavy atom. The van der Waals surface area contributed by atoms with Crippen LogP contribution < -0.4 is 0 Å². The number of unbranched alkanes of at least 4 members (excludes halogenated alkanes) is 14. The molecule has 0 fully saturated rings. The zero-order valence-electron chi connectivity index (χ0n) is 18.3. The maximum Gasteiger partial charge on any atom is 0.00213 e. The van der Waals surface area contributed by atoms with Gasteiger partial charge in [0, 0.05) is 10.5 Å². The molecular formula is C24H50S. The SMILES string of the molecule is CCCCCCCCCCC(C)SC(C)CCCCCCCCCC. The average molecular weight is 371 g/mol. The van der Waals surface area contributed by atoms with Gasteiger partial charge in [0.05, 0.1) is 0 Å². The minimum Gasteiger partial charge on any atom is -0.156 e. The molecule has 0 heterocycles. The standard InChI is InChI=1S/C24H50S/c1-5-7-9-11-13-15-17-19-21-23(3)25-24(4)22-20-18-16-14-12-10-8-6-2/h23-24H,5-22H2,1-4H3. The number of thioether (sulfide) groups is 1. The highest BCUT2D eigenvalue weighted by Crippen LogP contribution is 2.26. The lowest BCUT2D eigenvalue weighted by Gasteiger charge is -2.17. The van der Waals surface area contributed by atoms with E-state index in [0.717, 1.165) is 10.5 Å². The Hall–Kier alpha value is 0.350. The van der Waals surface area contributed by atoms with E-state index < -0.39 is 0 Å². The number of hydrogen-bond donors (Lipinski definition) is 0. The average Bonchev–Trinajstić information content (AvgIpc) is 2.59. The van der Waals surface area contributed by atoms with Gasteiger partial charge in [-0.2, -0.15) is 11.8 Å². The van der Waals surface area contributed by atoms with Crippen LogP contribution in [-0.2, 0) is 0 Å². The predicted octanol–water partition coefficient (Wildman–Crippen LogP) is 9.56. The van der Waals surface area contributed by atoms with E-state index >= 15 is 0 Å². The Morgan fingerprint density at radius 2 is 0.720 bits per heavy atom. The molecule has 0 aromatic carbocycles. The van der Waals surface area contributed by atoms with Crippen LogP contribution in [0.1, 0.15) is 143 Å². The lowest BCUT2D eigenvalue weighted by Crippen LogP contribution is -2.05. The fourth-order valence-corrected chi connectivity index (χ4v) is 5.06. The summed E-state index contributed by atoms with van der Waals surface area (Å²) in [5.41, 5.74) is 0. The first-order valence-corrected chi connectivity index (χ1v) is 12.8. The summed E-state index contributed by atoms with van der Waals surface area (Å²) in [5.74, 6) is 0. The lowest BCUT2D eigenvalue weighted by atomic mass is 10.1. The lowest BCUT2D eigenvalue weighted by molar-refractivity contribution is 0.560. The summed E-state index contributed by atoms with van der Waals surface area (Å²) in [5, 5.41) is 1.73. The van der Waals surface area contributed by atoms with Gasteiger partial charge in [-0.1, -0.05) is 130 Å². The Balaban J connectivity index is 3.31. The van der Waals surface area contributed by atoms with E-state index in [-0.39, 0.29) is 0 Å². The minimum atomic E-state index is 0.865. The Morgan fingerprint density at radius 3 is 1.04 bits per heavy atom. The highest BCUT2D eigenvalue weighted by molar-refractivity contribution is 8.00. The molecule has 0 saturated carbocycles. The molecule has 2 unspecified atom stereocenters. The highest BCUT2D eigenvalue weighted by atomic mass is 32.2. The van der Waals surface area contributed by atoms with Gasteiger partial charge in [-0.3, -0.25) is 0 Å². The Kier molecular flexibility index (Phi) is 20.9. The molecule has 0 aromatic rings. The van der Waals surface area contributed by atoms with Crippen molar-refractivity contribution in [1.82, 2.24) is 0 Å². The molecule has 0 aromatic heterocycles. The maximum absolute atomic E-state index is 2.45. The van der Waals surface area contributed by atoms with Crippen LogP contribution in [0.15, 0.2) is 0 Å². The summed E-state index contributed by atoms with van der Waals surface area (Å²) in [6, 6.07) is 0. The fraction of sp³-hybridized carbons (Fsp3) is 1.00. The molecule has 0 N–H and O–H groups in total. The molecule has 25 heavy (non-hydrogen) atoms. The van der Waals surface area contributed by atoms with Crippen molar-refractivity contribution in [3.05, 3.63) is 0 Å². The van der Waals surface area contributed by atoms with Gasteiger partial charge in [0.1, 0.15) is 0 Å². The van der Waals surface area contributed by atoms with Gasteiger partial charge in [0.2, 0.25) is 0 Å². The molecule has 0 saturated heterocycles. The summed E-state index contributed by atoms with van der Waals surface area (Å²) >= 11 is 2.25. The number of rotatable bonds is 20. The number of hydrogen-bond acceptors (Lipinski definition) is 1. The van der Waals surface area contributed by atoms with Gasteiger partial charge in [0.25, 0.3) is 0 Å². The monoisotopic (exact) mass is 370 g/mol. The summed E-state index contributed by atoms with van der Waals surface area (Å²) in [6.07, 6.45) is 26.0. The second-order valence-corrected chi connectivity index (χ2v) is 10.2. The van der Waals surface area contributed by atoms with E-state index in [0.29, 0.717) is 0 Å². The van der Waals surface area contributed by atoms with Gasteiger partial charge in [-0.15, -0.1) is 0 Å². The molecule has 0 aliphatic rings. The molecule has 0 amide bonds. The van der Waals surface area contributed by atoms with Gasteiger partial charge in [-0.25, -0.2) is 0 Å². The molecule has 1 heteroatoms. The van der Waals surface area contributed by atoms with E-state index in [2.05, 4.69) is 39.5 Å². The van der Waals surface area contributed by atoms with Crippen molar-refractivity contribution >= 4 is 11.8 Å². The quantitative estimate of drug-likeness (QED) is 0.192. The summed E-state index contributed by atoms with van der Waals surface area (Å²) in [6.45, 7) is 9.51. The zero-order chi connectivity index (χ0) is 18.6. The van der Waals surface area contributed by atoms with Crippen LogP contribution >= 0.6 is 11.8 Å². The third kappa shape index (κ3) is 20.5. The zero-order valence-corrected chi connectivity index (χ0v) is 19.1. The second-order valence-electron chi connectivity index (χ2n) is 8.28. The van der Waals surface area contributed by atoms with Crippen molar-refractivity contribution < 1.29 is 0 Å². The van der Waals surface area contributed by atoms with Crippen molar-refractivity contribution in [2.24, 2.45) is 0 Å². The van der Waals surface area contributed by atoms with Gasteiger partial charge in [-0.05, 0) is 12.8 Å². The second kappa shape index (κ2) is 20.7. The first-order valence-electron chi connectivity index (χ1n) is 11.9. The highest BCUT2D eigenvalue weighted by Gasteiger charge is 2.09. The summed E-state index contributed by atoms with van der Waals surface area (Å²) in [7, 11) is 0. The van der Waals surface area contributed by atoms with E-state index in [1.165, 1.54) is 116 Å². The van der Waals surface area contributed by atoms with Crippen LogP contribution in [0.5, 0.6) is 0 Å². The Labute approximate surface area is 165 Å². The van der Waals surface area contributed by atoms with Crippen LogP contribution in [0.2, 0.25) is 0 Å². The van der Waals surface area contributed by atoms with Crippen molar-refractivity contribution in [2.45, 2.75) is 154 Å². The van der Waals surface area contributed by atoms with Crippen molar-refractivity contribution in [2.75, 3.05) is 0 Å². The fourth-order valence-electron chi connectivity index (χ4n) is 3.66. The molecule has 152 valence electrons. The van der Waals surface area contributed by atoms with Crippen molar-refractivity contribution in [1.29, 1.82) is 0 Å². The topological polar surface area (TPSA) is 0 Å². The third-order valence-corrected chi connectivity index (χ3v) is 6.79. The molecule has 0 radical (unpaired) electrons. The minimum absolute atomic E-state index is 0.865. The van der Waals surface area contributed by atoms with Gasteiger partial charge in [0.15, 0.2) is 0 Å². The third-order valence-electron chi connectivity index (χ3n) is 5.39. The summed E-state index contributed by atoms with van der Waals surface area (Å²) in [4.78, 5) is 0. The molecular weight excluding hydrogens is 320 g/mol. The molecule has 0 nitrogen and oxygen atoms in total. The van der Waals surface area contributed by atoms with E-state index in [9.17, 15) is 0 Å². The van der Waals surface area contributed by atoms with Crippen LogP contribution in [-0.4, -0.2) is 10.5 Å². The smallest absolute Gasteiger partial charge is 0.00213 e. The van der Waals surface area contributed by atoms with E-state index in [4.69, 9.17) is 0 Å². The van der Waals surface area contributed by atoms with Crippen molar-refractivity contribution in [3.8, 4) is 0 Å². The normalized spacial score (nSPS) is 13.9. The summed E-state index contributed by atoms with van der Waals surface area (Å²) < 4.78 is 0.